The Morgan fingerprint density at radius 2 is 1.88 bits per heavy atom. The van der Waals surface area contributed by atoms with E-state index in [9.17, 15) is 4.79 Å². The third-order valence-electron chi connectivity index (χ3n) is 3.74. The lowest BCUT2D eigenvalue weighted by atomic mass is 10.0. The minimum Gasteiger partial charge on any atom is -0.456 e. The number of aromatic nitrogens is 1. The summed E-state index contributed by atoms with van der Waals surface area (Å²) in [5, 5.41) is 3.58. The maximum absolute atomic E-state index is 12.7. The first kappa shape index (κ1) is 18.4. The molecular formula is C21H18ClNO2S. The fraction of sp³-hybridized carbons (Fsp3) is 0.143. The van der Waals surface area contributed by atoms with E-state index in [4.69, 9.17) is 16.3 Å². The van der Waals surface area contributed by atoms with Crippen LogP contribution < -0.4 is 0 Å². The first-order valence-corrected chi connectivity index (χ1v) is 9.54. The quantitative estimate of drug-likeness (QED) is 0.314. The van der Waals surface area contributed by atoms with E-state index in [-0.39, 0.29) is 12.6 Å². The molecule has 0 atom stereocenters. The Balaban J connectivity index is 1.83. The van der Waals surface area contributed by atoms with Crippen molar-refractivity contribution in [3.63, 3.8) is 0 Å². The van der Waals surface area contributed by atoms with E-state index >= 15 is 0 Å². The number of hydrogen-bond donors (Lipinski definition) is 0. The molecule has 0 bridgehead atoms. The Bertz CT molecular complexity index is 901. The number of carbonyl (C=O) groups excluding carboxylic acids is 1. The van der Waals surface area contributed by atoms with Crippen LogP contribution in [0.4, 0.5) is 0 Å². The van der Waals surface area contributed by atoms with Gasteiger partial charge in [-0.3, -0.25) is 0 Å². The molecular weight excluding hydrogens is 366 g/mol. The maximum Gasteiger partial charge on any atom is 0.339 e. The van der Waals surface area contributed by atoms with Gasteiger partial charge >= 0.3 is 5.97 Å². The van der Waals surface area contributed by atoms with Gasteiger partial charge in [0.05, 0.1) is 16.3 Å². The van der Waals surface area contributed by atoms with Crippen LogP contribution in [0.2, 0.25) is 5.02 Å². The number of thiazole rings is 1. The Hall–Kier alpha value is -2.43. The monoisotopic (exact) mass is 383 g/mol. The zero-order chi connectivity index (χ0) is 18.4. The van der Waals surface area contributed by atoms with Gasteiger partial charge in [-0.15, -0.1) is 11.3 Å². The van der Waals surface area contributed by atoms with Gasteiger partial charge in [-0.05, 0) is 35.8 Å². The molecule has 1 aromatic heterocycles. The number of aryl methyl sites for hydroxylation is 1. The molecule has 5 heteroatoms. The number of rotatable bonds is 6. The standard InChI is InChI=1S/C21H18ClNO2S/c1-2-20-23-18(14-26-20)13-25-21(24)19(12-15-6-4-3-5-7-15)16-8-10-17(22)11-9-16/h3-12,14H,2,13H2,1H3/b19-12+. The van der Waals surface area contributed by atoms with E-state index in [1.165, 1.54) is 0 Å². The van der Waals surface area contributed by atoms with Crippen LogP contribution >= 0.6 is 22.9 Å². The molecule has 3 nitrogen and oxygen atoms in total. The Morgan fingerprint density at radius 3 is 2.54 bits per heavy atom. The molecule has 0 aliphatic rings. The second-order valence-corrected chi connectivity index (χ2v) is 7.02. The van der Waals surface area contributed by atoms with Crippen LogP contribution in [-0.2, 0) is 22.6 Å². The predicted molar refractivity (Wildman–Crippen MR) is 107 cm³/mol. The highest BCUT2D eigenvalue weighted by Crippen LogP contribution is 2.23. The van der Waals surface area contributed by atoms with Crippen LogP contribution in [0.3, 0.4) is 0 Å². The topological polar surface area (TPSA) is 39.2 Å². The predicted octanol–water partition coefficient (Wildman–Crippen LogP) is 5.64. The third-order valence-corrected chi connectivity index (χ3v) is 5.03. The lowest BCUT2D eigenvalue weighted by Gasteiger charge is -2.09. The molecule has 0 saturated heterocycles. The number of ether oxygens (including phenoxy) is 1. The summed E-state index contributed by atoms with van der Waals surface area (Å²) in [6, 6.07) is 16.8. The van der Waals surface area contributed by atoms with Crippen LogP contribution in [0.1, 0.15) is 28.8 Å². The van der Waals surface area contributed by atoms with Crippen LogP contribution in [-0.4, -0.2) is 11.0 Å². The van der Waals surface area contributed by atoms with Gasteiger partial charge < -0.3 is 4.74 Å². The smallest absolute Gasteiger partial charge is 0.339 e. The van der Waals surface area contributed by atoms with Crippen molar-refractivity contribution < 1.29 is 9.53 Å². The van der Waals surface area contributed by atoms with E-state index in [0.717, 1.165) is 28.2 Å². The number of carbonyl (C=O) groups is 1. The van der Waals surface area contributed by atoms with Crippen molar-refractivity contribution in [1.82, 2.24) is 4.98 Å². The van der Waals surface area contributed by atoms with Gasteiger partial charge in [-0.25, -0.2) is 9.78 Å². The lowest BCUT2D eigenvalue weighted by molar-refractivity contribution is -0.137. The third kappa shape index (κ3) is 4.81. The first-order valence-electron chi connectivity index (χ1n) is 8.29. The minimum atomic E-state index is -0.387. The summed E-state index contributed by atoms with van der Waals surface area (Å²) >= 11 is 7.55. The molecule has 26 heavy (non-hydrogen) atoms. The average Bonchev–Trinajstić information content (AvgIpc) is 3.14. The van der Waals surface area contributed by atoms with Gasteiger partial charge in [0.2, 0.25) is 0 Å². The van der Waals surface area contributed by atoms with Crippen molar-refractivity contribution in [2.45, 2.75) is 20.0 Å². The Kier molecular flexibility index (Phi) is 6.21. The Labute approximate surface area is 161 Å². The molecule has 132 valence electrons. The molecule has 0 unspecified atom stereocenters. The molecule has 0 radical (unpaired) electrons. The van der Waals surface area contributed by atoms with E-state index in [1.807, 2.05) is 53.9 Å². The molecule has 0 spiro atoms. The summed E-state index contributed by atoms with van der Waals surface area (Å²) in [6.07, 6.45) is 2.70. The maximum atomic E-state index is 12.7. The van der Waals surface area contributed by atoms with E-state index < -0.39 is 0 Å². The first-order chi connectivity index (χ1) is 12.7. The van der Waals surface area contributed by atoms with E-state index in [0.29, 0.717) is 10.6 Å². The number of esters is 1. The molecule has 1 heterocycles. The summed E-state index contributed by atoms with van der Waals surface area (Å²) in [6.45, 7) is 2.21. The van der Waals surface area contributed by atoms with Gasteiger partial charge in [0.15, 0.2) is 0 Å². The SMILES string of the molecule is CCc1nc(COC(=O)/C(=C/c2ccccc2)c2ccc(Cl)cc2)cs1. The highest BCUT2D eigenvalue weighted by Gasteiger charge is 2.15. The van der Waals surface area contributed by atoms with Gasteiger partial charge in [0, 0.05) is 10.4 Å². The molecule has 0 aliphatic carbocycles. The van der Waals surface area contributed by atoms with Gasteiger partial charge in [-0.2, -0.15) is 0 Å². The van der Waals surface area contributed by atoms with Crippen LogP contribution in [0, 0.1) is 0 Å². The minimum absolute atomic E-state index is 0.162. The Morgan fingerprint density at radius 1 is 1.15 bits per heavy atom. The van der Waals surface area contributed by atoms with Crippen molar-refractivity contribution >= 4 is 40.6 Å². The highest BCUT2D eigenvalue weighted by molar-refractivity contribution is 7.09. The number of halogens is 1. The fourth-order valence-corrected chi connectivity index (χ4v) is 3.26. The summed E-state index contributed by atoms with van der Waals surface area (Å²) in [5.74, 6) is -0.387. The average molecular weight is 384 g/mol. The summed E-state index contributed by atoms with van der Waals surface area (Å²) in [4.78, 5) is 17.2. The largest absolute Gasteiger partial charge is 0.456 e. The van der Waals surface area contributed by atoms with E-state index in [2.05, 4.69) is 11.9 Å². The molecule has 0 fully saturated rings. The van der Waals surface area contributed by atoms with E-state index in [1.54, 1.807) is 23.5 Å². The molecule has 0 amide bonds. The molecule has 2 aromatic carbocycles. The van der Waals surface area contributed by atoms with Crippen molar-refractivity contribution in [3.8, 4) is 0 Å². The number of nitrogens with zero attached hydrogens (tertiary/aromatic N) is 1. The second-order valence-electron chi connectivity index (χ2n) is 5.64. The van der Waals surface area contributed by atoms with Crippen molar-refractivity contribution in [2.75, 3.05) is 0 Å². The van der Waals surface area contributed by atoms with Crippen LogP contribution in [0.15, 0.2) is 60.0 Å². The number of benzene rings is 2. The number of hydrogen-bond acceptors (Lipinski definition) is 4. The molecule has 0 aliphatic heterocycles. The molecule has 3 aromatic rings. The zero-order valence-electron chi connectivity index (χ0n) is 14.3. The molecule has 0 N–H and O–H groups in total. The summed E-state index contributed by atoms with van der Waals surface area (Å²) in [7, 11) is 0. The molecule has 3 rings (SSSR count). The van der Waals surface area contributed by atoms with Crippen LogP contribution in [0.5, 0.6) is 0 Å². The highest BCUT2D eigenvalue weighted by atomic mass is 35.5. The summed E-state index contributed by atoms with van der Waals surface area (Å²) in [5.41, 5.74) is 2.95. The molecule has 0 saturated carbocycles. The lowest BCUT2D eigenvalue weighted by Crippen LogP contribution is -2.07. The normalized spacial score (nSPS) is 11.4. The van der Waals surface area contributed by atoms with Crippen molar-refractivity contribution in [2.24, 2.45) is 0 Å². The van der Waals surface area contributed by atoms with Gasteiger partial charge in [0.1, 0.15) is 6.61 Å². The zero-order valence-corrected chi connectivity index (χ0v) is 15.9. The van der Waals surface area contributed by atoms with Gasteiger partial charge in [0.25, 0.3) is 0 Å². The van der Waals surface area contributed by atoms with Crippen LogP contribution in [0.25, 0.3) is 11.6 Å². The second kappa shape index (κ2) is 8.79. The van der Waals surface area contributed by atoms with Gasteiger partial charge in [-0.1, -0.05) is 61.0 Å². The van der Waals surface area contributed by atoms with Crippen molar-refractivity contribution in [3.05, 3.63) is 86.8 Å². The fourth-order valence-electron chi connectivity index (χ4n) is 2.40. The van der Waals surface area contributed by atoms with Crippen molar-refractivity contribution in [1.29, 1.82) is 0 Å². The summed E-state index contributed by atoms with van der Waals surface area (Å²) < 4.78 is 5.51.